The fourth-order valence-corrected chi connectivity index (χ4v) is 2.31. The van der Waals surface area contributed by atoms with Gasteiger partial charge in [0.1, 0.15) is 0 Å². The lowest BCUT2D eigenvalue weighted by Gasteiger charge is -2.26. The first-order valence-corrected chi connectivity index (χ1v) is 6.15. The second-order valence-electron chi connectivity index (χ2n) is 4.63. The van der Waals surface area contributed by atoms with Gasteiger partial charge in [0.25, 0.3) is 0 Å². The van der Waals surface area contributed by atoms with Gasteiger partial charge in [0.2, 0.25) is 0 Å². The fourth-order valence-electron chi connectivity index (χ4n) is 2.31. The molecule has 2 aliphatic rings. The summed E-state index contributed by atoms with van der Waals surface area (Å²) >= 11 is 0. The highest BCUT2D eigenvalue weighted by molar-refractivity contribution is 5.76. The standard InChI is InChI=1S/C11H21N3O2/c12-9-1-3-10(4-2-9)16-8-7-14-6-5-13-11(14)15/h9-10H,1-8,12H2,(H,13,15). The molecule has 0 atom stereocenters. The zero-order valence-electron chi connectivity index (χ0n) is 9.65. The normalized spacial score (nSPS) is 30.6. The summed E-state index contributed by atoms with van der Waals surface area (Å²) in [5, 5.41) is 2.78. The van der Waals surface area contributed by atoms with Gasteiger partial charge in [-0.15, -0.1) is 0 Å². The Morgan fingerprint density at radius 1 is 1.38 bits per heavy atom. The van der Waals surface area contributed by atoms with E-state index in [0.717, 1.165) is 38.8 Å². The van der Waals surface area contributed by atoms with Gasteiger partial charge in [-0.05, 0) is 25.7 Å². The summed E-state index contributed by atoms with van der Waals surface area (Å²) < 4.78 is 5.76. The smallest absolute Gasteiger partial charge is 0.317 e. The first-order chi connectivity index (χ1) is 7.75. The van der Waals surface area contributed by atoms with Crippen molar-refractivity contribution in [1.82, 2.24) is 10.2 Å². The summed E-state index contributed by atoms with van der Waals surface area (Å²) in [6.45, 7) is 2.91. The minimum atomic E-state index is 0.0364. The summed E-state index contributed by atoms with van der Waals surface area (Å²) in [7, 11) is 0. The average molecular weight is 227 g/mol. The molecule has 1 saturated carbocycles. The van der Waals surface area contributed by atoms with Crippen LogP contribution in [0.4, 0.5) is 4.79 Å². The van der Waals surface area contributed by atoms with Gasteiger partial charge in [-0.25, -0.2) is 4.79 Å². The highest BCUT2D eigenvalue weighted by Gasteiger charge is 2.21. The monoisotopic (exact) mass is 227 g/mol. The molecule has 2 fully saturated rings. The van der Waals surface area contributed by atoms with E-state index < -0.39 is 0 Å². The Kier molecular flexibility index (Phi) is 4.01. The van der Waals surface area contributed by atoms with E-state index in [9.17, 15) is 4.79 Å². The van der Waals surface area contributed by atoms with Gasteiger partial charge in [0.05, 0.1) is 12.7 Å². The first-order valence-electron chi connectivity index (χ1n) is 6.15. The molecule has 1 saturated heterocycles. The molecule has 0 aromatic rings. The third-order valence-corrected chi connectivity index (χ3v) is 3.38. The number of nitrogens with zero attached hydrogens (tertiary/aromatic N) is 1. The predicted molar refractivity (Wildman–Crippen MR) is 61.2 cm³/mol. The van der Waals surface area contributed by atoms with Crippen LogP contribution in [-0.4, -0.2) is 49.3 Å². The molecular formula is C11H21N3O2. The van der Waals surface area contributed by atoms with Crippen LogP contribution in [0, 0.1) is 0 Å². The van der Waals surface area contributed by atoms with Crippen molar-refractivity contribution in [2.24, 2.45) is 5.73 Å². The van der Waals surface area contributed by atoms with E-state index in [1.54, 1.807) is 4.90 Å². The number of carbonyl (C=O) groups excluding carboxylic acids is 1. The number of rotatable bonds is 4. The molecule has 2 amide bonds. The topological polar surface area (TPSA) is 67.6 Å². The van der Waals surface area contributed by atoms with Crippen LogP contribution in [0.1, 0.15) is 25.7 Å². The van der Waals surface area contributed by atoms with Crippen molar-refractivity contribution in [3.05, 3.63) is 0 Å². The number of nitrogens with two attached hydrogens (primary N) is 1. The van der Waals surface area contributed by atoms with Crippen molar-refractivity contribution in [1.29, 1.82) is 0 Å². The Hall–Kier alpha value is -0.810. The maximum Gasteiger partial charge on any atom is 0.317 e. The van der Waals surface area contributed by atoms with E-state index in [4.69, 9.17) is 10.5 Å². The molecule has 0 aromatic heterocycles. The second-order valence-corrected chi connectivity index (χ2v) is 4.63. The highest BCUT2D eigenvalue weighted by Crippen LogP contribution is 2.19. The number of ether oxygens (including phenoxy) is 1. The number of nitrogens with one attached hydrogen (secondary N) is 1. The van der Waals surface area contributed by atoms with Gasteiger partial charge in [-0.1, -0.05) is 0 Å². The van der Waals surface area contributed by atoms with E-state index in [-0.39, 0.29) is 6.03 Å². The van der Waals surface area contributed by atoms with Crippen LogP contribution in [0.5, 0.6) is 0 Å². The molecule has 3 N–H and O–H groups in total. The van der Waals surface area contributed by atoms with E-state index in [2.05, 4.69) is 5.32 Å². The van der Waals surface area contributed by atoms with Gasteiger partial charge in [0.15, 0.2) is 0 Å². The molecular weight excluding hydrogens is 206 g/mol. The molecule has 2 rings (SSSR count). The lowest BCUT2D eigenvalue weighted by Crippen LogP contribution is -2.34. The van der Waals surface area contributed by atoms with E-state index in [1.807, 2.05) is 0 Å². The quantitative estimate of drug-likeness (QED) is 0.725. The van der Waals surface area contributed by atoms with Crippen molar-refractivity contribution < 1.29 is 9.53 Å². The van der Waals surface area contributed by atoms with Gasteiger partial charge >= 0.3 is 6.03 Å². The first kappa shape index (κ1) is 11.7. The van der Waals surface area contributed by atoms with Gasteiger partial charge in [0, 0.05) is 25.7 Å². The van der Waals surface area contributed by atoms with Crippen LogP contribution in [0.15, 0.2) is 0 Å². The van der Waals surface area contributed by atoms with Crippen LogP contribution in [0.2, 0.25) is 0 Å². The van der Waals surface area contributed by atoms with Crippen molar-refractivity contribution in [3.8, 4) is 0 Å². The largest absolute Gasteiger partial charge is 0.376 e. The molecule has 1 heterocycles. The summed E-state index contributed by atoms with van der Waals surface area (Å²) in [5.74, 6) is 0. The van der Waals surface area contributed by atoms with E-state index in [1.165, 1.54) is 0 Å². The van der Waals surface area contributed by atoms with Crippen molar-refractivity contribution in [2.75, 3.05) is 26.2 Å². The molecule has 5 heteroatoms. The Balaban J connectivity index is 1.59. The van der Waals surface area contributed by atoms with Gasteiger partial charge < -0.3 is 20.7 Å². The second kappa shape index (κ2) is 5.50. The van der Waals surface area contributed by atoms with Crippen LogP contribution >= 0.6 is 0 Å². The number of hydrogen-bond donors (Lipinski definition) is 2. The third kappa shape index (κ3) is 3.09. The summed E-state index contributed by atoms with van der Waals surface area (Å²) in [4.78, 5) is 13.0. The van der Waals surface area contributed by atoms with Gasteiger partial charge in [-0.3, -0.25) is 0 Å². The summed E-state index contributed by atoms with van der Waals surface area (Å²) in [6, 6.07) is 0.401. The molecule has 1 aliphatic heterocycles. The Bertz CT molecular complexity index is 239. The predicted octanol–water partition coefficient (Wildman–Crippen LogP) is 0.298. The van der Waals surface area contributed by atoms with Crippen molar-refractivity contribution >= 4 is 6.03 Å². The molecule has 92 valence electrons. The Morgan fingerprint density at radius 3 is 2.75 bits per heavy atom. The Labute approximate surface area is 96.3 Å². The molecule has 16 heavy (non-hydrogen) atoms. The molecule has 0 aromatic carbocycles. The fraction of sp³-hybridized carbons (Fsp3) is 0.909. The van der Waals surface area contributed by atoms with E-state index >= 15 is 0 Å². The number of carbonyl (C=O) groups is 1. The number of hydrogen-bond acceptors (Lipinski definition) is 3. The molecule has 5 nitrogen and oxygen atoms in total. The Morgan fingerprint density at radius 2 is 2.12 bits per heavy atom. The maximum atomic E-state index is 11.2. The van der Waals surface area contributed by atoms with Crippen LogP contribution in [0.3, 0.4) is 0 Å². The van der Waals surface area contributed by atoms with Crippen LogP contribution in [0.25, 0.3) is 0 Å². The molecule has 0 unspecified atom stereocenters. The maximum absolute atomic E-state index is 11.2. The zero-order valence-corrected chi connectivity index (χ0v) is 9.65. The average Bonchev–Trinajstić information content (AvgIpc) is 2.68. The third-order valence-electron chi connectivity index (χ3n) is 3.38. The van der Waals surface area contributed by atoms with Crippen LogP contribution < -0.4 is 11.1 Å². The molecule has 0 bridgehead atoms. The highest BCUT2D eigenvalue weighted by atomic mass is 16.5. The van der Waals surface area contributed by atoms with Gasteiger partial charge in [-0.2, -0.15) is 0 Å². The SMILES string of the molecule is NC1CCC(OCCN2CCNC2=O)CC1. The van der Waals surface area contributed by atoms with Crippen molar-refractivity contribution in [3.63, 3.8) is 0 Å². The summed E-state index contributed by atoms with van der Waals surface area (Å²) in [5.41, 5.74) is 5.83. The lowest BCUT2D eigenvalue weighted by molar-refractivity contribution is 0.0190. The molecule has 0 radical (unpaired) electrons. The summed E-state index contributed by atoms with van der Waals surface area (Å²) in [6.07, 6.45) is 4.61. The van der Waals surface area contributed by atoms with E-state index in [0.29, 0.717) is 25.3 Å². The minimum Gasteiger partial charge on any atom is -0.376 e. The zero-order chi connectivity index (χ0) is 11.4. The van der Waals surface area contributed by atoms with Crippen molar-refractivity contribution in [2.45, 2.75) is 37.8 Å². The number of amides is 2. The molecule has 0 spiro atoms. The van der Waals surface area contributed by atoms with Crippen LogP contribution in [-0.2, 0) is 4.74 Å². The molecule has 1 aliphatic carbocycles. The lowest BCUT2D eigenvalue weighted by atomic mass is 9.94. The minimum absolute atomic E-state index is 0.0364. The number of urea groups is 1.